The van der Waals surface area contributed by atoms with Crippen LogP contribution in [-0.4, -0.2) is 51.6 Å². The molecule has 0 bridgehead atoms. The molecule has 5 atom stereocenters. The summed E-state index contributed by atoms with van der Waals surface area (Å²) in [5.74, 6) is 0.167. The van der Waals surface area contributed by atoms with Gasteiger partial charge < -0.3 is 0 Å². The average molecular weight is 261 g/mol. The van der Waals surface area contributed by atoms with E-state index in [0.717, 1.165) is 18.6 Å². The van der Waals surface area contributed by atoms with Crippen LogP contribution in [0.2, 0.25) is 0 Å². The minimum atomic E-state index is 0. The molecule has 0 N–H and O–H groups in total. The third-order valence-electron chi connectivity index (χ3n) is 4.18. The van der Waals surface area contributed by atoms with Crippen molar-refractivity contribution in [1.29, 1.82) is 0 Å². The molecule has 0 aromatic carbocycles. The molecule has 0 radical (unpaired) electrons. The van der Waals surface area contributed by atoms with E-state index in [0.29, 0.717) is 0 Å². The number of thiol groups is 1. The molecule has 0 spiro atoms. The first-order valence-corrected chi connectivity index (χ1v) is 6.56. The summed E-state index contributed by atoms with van der Waals surface area (Å²) in [6.07, 6.45) is 3.92. The summed E-state index contributed by atoms with van der Waals surface area (Å²) in [7, 11) is 0. The number of rotatable bonds is 2. The largest absolute Gasteiger partial charge is 0.267 e. The van der Waals surface area contributed by atoms with E-state index in [9.17, 15) is 0 Å². The molecule has 3 aliphatic heterocycles. The zero-order valence-electron chi connectivity index (χ0n) is 10.4. The van der Waals surface area contributed by atoms with Crippen LogP contribution >= 0.6 is 22.7 Å². The lowest BCUT2D eigenvalue weighted by Crippen LogP contribution is -2.59. The Kier molecular flexibility index (Phi) is 3.60. The lowest BCUT2D eigenvalue weighted by Gasteiger charge is -2.47. The van der Waals surface area contributed by atoms with Gasteiger partial charge in [-0.3, -0.25) is 9.80 Å². The van der Waals surface area contributed by atoms with E-state index in [-0.39, 0.29) is 15.7 Å². The molecule has 16 heavy (non-hydrogen) atoms. The van der Waals surface area contributed by atoms with E-state index < -0.39 is 0 Å². The van der Waals surface area contributed by atoms with Crippen molar-refractivity contribution >= 4 is 22.7 Å². The minimum absolute atomic E-state index is 0. The SMILES string of the molecule is CC1CN1C1(N2CC2C)CCCCN1S.P. The van der Waals surface area contributed by atoms with E-state index in [1.807, 2.05) is 0 Å². The smallest absolute Gasteiger partial charge is 0.140 e. The van der Waals surface area contributed by atoms with Gasteiger partial charge in [-0.25, -0.2) is 4.31 Å². The van der Waals surface area contributed by atoms with E-state index >= 15 is 0 Å². The van der Waals surface area contributed by atoms with Crippen LogP contribution in [0.1, 0.15) is 33.1 Å². The maximum atomic E-state index is 4.73. The molecule has 3 rings (SSSR count). The second-order valence-electron chi connectivity index (χ2n) is 5.36. The molecule has 3 aliphatic rings. The quantitative estimate of drug-likeness (QED) is 0.458. The van der Waals surface area contributed by atoms with Gasteiger partial charge in [0.1, 0.15) is 5.79 Å². The molecule has 3 nitrogen and oxygen atoms in total. The van der Waals surface area contributed by atoms with Gasteiger partial charge >= 0.3 is 0 Å². The van der Waals surface area contributed by atoms with Crippen LogP contribution in [-0.2, 0) is 0 Å². The van der Waals surface area contributed by atoms with Crippen molar-refractivity contribution in [3.05, 3.63) is 0 Å². The molecule has 3 fully saturated rings. The lowest BCUT2D eigenvalue weighted by atomic mass is 10.0. The summed E-state index contributed by atoms with van der Waals surface area (Å²) in [6, 6.07) is 1.51. The Hall–Kier alpha value is 0.660. The van der Waals surface area contributed by atoms with E-state index in [4.69, 9.17) is 12.8 Å². The number of hydrogen-bond acceptors (Lipinski definition) is 4. The normalized spacial score (nSPS) is 51.9. The van der Waals surface area contributed by atoms with Crippen LogP contribution in [0.3, 0.4) is 0 Å². The highest BCUT2D eigenvalue weighted by atomic mass is 32.1. The maximum absolute atomic E-state index is 4.73. The number of nitrogens with zero attached hydrogens (tertiary/aromatic N) is 3. The molecule has 0 aromatic rings. The van der Waals surface area contributed by atoms with Crippen molar-refractivity contribution in [3.8, 4) is 0 Å². The zero-order chi connectivity index (χ0) is 10.6. The van der Waals surface area contributed by atoms with Gasteiger partial charge in [-0.1, -0.05) is 12.8 Å². The van der Waals surface area contributed by atoms with Crippen LogP contribution in [0.4, 0.5) is 0 Å². The number of hydrogen-bond donors (Lipinski definition) is 1. The molecule has 5 unspecified atom stereocenters. The Morgan fingerprint density at radius 2 is 1.56 bits per heavy atom. The fourth-order valence-electron chi connectivity index (χ4n) is 3.15. The Morgan fingerprint density at radius 1 is 1.06 bits per heavy atom. The van der Waals surface area contributed by atoms with Crippen LogP contribution in [0.15, 0.2) is 0 Å². The third-order valence-corrected chi connectivity index (χ3v) is 4.70. The highest BCUT2D eigenvalue weighted by Gasteiger charge is 2.60. The zero-order valence-corrected chi connectivity index (χ0v) is 12.7. The van der Waals surface area contributed by atoms with Gasteiger partial charge in [0, 0.05) is 31.7 Å². The standard InChI is InChI=1S/C11H21N3S.H3P/c1-9-7-12(9)11(13-8-10(13)2)5-3-4-6-14(11)15;/h9-10,15H,3-8H2,1-2H3;1H3. The van der Waals surface area contributed by atoms with Gasteiger partial charge in [-0.15, -0.1) is 0 Å². The molecule has 3 saturated heterocycles. The molecule has 3 heterocycles. The molecule has 0 saturated carbocycles. The van der Waals surface area contributed by atoms with Gasteiger partial charge in [0.05, 0.1) is 0 Å². The van der Waals surface area contributed by atoms with E-state index in [1.54, 1.807) is 0 Å². The van der Waals surface area contributed by atoms with Gasteiger partial charge in [-0.05, 0) is 33.1 Å². The highest BCUT2D eigenvalue weighted by molar-refractivity contribution is 7.77. The fourth-order valence-corrected chi connectivity index (χ4v) is 3.63. The van der Waals surface area contributed by atoms with E-state index in [2.05, 4.69) is 28.0 Å². The first-order valence-electron chi connectivity index (χ1n) is 6.16. The highest BCUT2D eigenvalue weighted by Crippen LogP contribution is 2.47. The van der Waals surface area contributed by atoms with Crippen molar-refractivity contribution in [3.63, 3.8) is 0 Å². The summed E-state index contributed by atoms with van der Waals surface area (Å²) < 4.78 is 2.30. The maximum Gasteiger partial charge on any atom is 0.140 e. The third kappa shape index (κ3) is 1.83. The minimum Gasteiger partial charge on any atom is -0.267 e. The monoisotopic (exact) mass is 261 g/mol. The van der Waals surface area contributed by atoms with Gasteiger partial charge in [0.15, 0.2) is 0 Å². The van der Waals surface area contributed by atoms with Crippen LogP contribution < -0.4 is 0 Å². The Labute approximate surface area is 108 Å². The summed E-state index contributed by atoms with van der Waals surface area (Å²) in [4.78, 5) is 5.23. The van der Waals surface area contributed by atoms with Crippen molar-refractivity contribution < 1.29 is 0 Å². The summed E-state index contributed by atoms with van der Waals surface area (Å²) in [6.45, 7) is 8.29. The predicted octanol–water partition coefficient (Wildman–Crippen LogP) is 1.44. The van der Waals surface area contributed by atoms with Gasteiger partial charge in [0.2, 0.25) is 0 Å². The second-order valence-corrected chi connectivity index (χ2v) is 5.84. The summed E-state index contributed by atoms with van der Waals surface area (Å²) in [5.41, 5.74) is 0. The Balaban J connectivity index is 0.000000963. The topological polar surface area (TPSA) is 9.26 Å². The molecular weight excluding hydrogens is 237 g/mol. The van der Waals surface area contributed by atoms with Crippen molar-refractivity contribution in [2.24, 2.45) is 0 Å². The Bertz CT molecular complexity index is 254. The van der Waals surface area contributed by atoms with Crippen molar-refractivity contribution in [2.45, 2.75) is 51.0 Å². The first-order chi connectivity index (χ1) is 7.16. The molecule has 0 amide bonds. The van der Waals surface area contributed by atoms with Crippen molar-refractivity contribution in [1.82, 2.24) is 14.1 Å². The van der Waals surface area contributed by atoms with Crippen LogP contribution in [0.5, 0.6) is 0 Å². The fraction of sp³-hybridized carbons (Fsp3) is 1.00. The Morgan fingerprint density at radius 3 is 1.94 bits per heavy atom. The van der Waals surface area contributed by atoms with Gasteiger partial charge in [0.25, 0.3) is 0 Å². The molecule has 5 heteroatoms. The predicted molar refractivity (Wildman–Crippen MR) is 75.7 cm³/mol. The second kappa shape index (κ2) is 4.40. The molecule has 0 aromatic heterocycles. The van der Waals surface area contributed by atoms with Crippen molar-refractivity contribution in [2.75, 3.05) is 19.6 Å². The molecule has 94 valence electrons. The lowest BCUT2D eigenvalue weighted by molar-refractivity contribution is -0.0532. The summed E-state index contributed by atoms with van der Waals surface area (Å²) >= 11 is 4.73. The van der Waals surface area contributed by atoms with Crippen LogP contribution in [0.25, 0.3) is 0 Å². The average Bonchev–Trinajstić information content (AvgIpc) is 3.08. The van der Waals surface area contributed by atoms with Gasteiger partial charge in [-0.2, -0.15) is 9.90 Å². The van der Waals surface area contributed by atoms with E-state index in [1.165, 1.54) is 32.4 Å². The molecular formula is C11H24N3PS. The van der Waals surface area contributed by atoms with Crippen LogP contribution in [0, 0.1) is 0 Å². The number of piperidine rings is 1. The first kappa shape index (κ1) is 13.1. The summed E-state index contributed by atoms with van der Waals surface area (Å²) in [5, 5.41) is 0. The molecule has 0 aliphatic carbocycles.